The van der Waals surface area contributed by atoms with Crippen molar-refractivity contribution in [3.05, 3.63) is 23.2 Å². The predicted octanol–water partition coefficient (Wildman–Crippen LogP) is 1.86. The van der Waals surface area contributed by atoms with E-state index in [9.17, 15) is 0 Å². The van der Waals surface area contributed by atoms with Gasteiger partial charge in [0.1, 0.15) is 11.9 Å². The molecule has 0 bridgehead atoms. The van der Waals surface area contributed by atoms with E-state index in [1.807, 2.05) is 0 Å². The molecule has 3 atom stereocenters. The number of rotatable bonds is 2. The molecule has 1 aromatic carbocycles. The van der Waals surface area contributed by atoms with E-state index in [1.54, 1.807) is 18.2 Å². The van der Waals surface area contributed by atoms with E-state index in [2.05, 4.69) is 0 Å². The molecular weight excluding hydrogens is 242 g/mol. The van der Waals surface area contributed by atoms with Crippen LogP contribution in [-0.2, 0) is 9.47 Å². The number of ether oxygens (including phenoxy) is 3. The van der Waals surface area contributed by atoms with Crippen LogP contribution in [0, 0.1) is 0 Å². The molecule has 0 saturated carbocycles. The van der Waals surface area contributed by atoms with Gasteiger partial charge in [0.05, 0.1) is 17.7 Å². The summed E-state index contributed by atoms with van der Waals surface area (Å²) in [6.45, 7) is 1.29. The first-order valence-electron chi connectivity index (χ1n) is 5.69. The van der Waals surface area contributed by atoms with Crippen LogP contribution in [0.1, 0.15) is 6.42 Å². The second-order valence-electron chi connectivity index (χ2n) is 4.34. The minimum atomic E-state index is -0.0800. The SMILES string of the molecule is Nc1ccc(O[C@H]2COC3CCOC32)c(Cl)c1. The monoisotopic (exact) mass is 255 g/mol. The molecule has 2 unspecified atom stereocenters. The highest BCUT2D eigenvalue weighted by Gasteiger charge is 2.43. The summed E-state index contributed by atoms with van der Waals surface area (Å²) in [5, 5.41) is 0.520. The molecule has 0 amide bonds. The molecule has 92 valence electrons. The van der Waals surface area contributed by atoms with Crippen molar-refractivity contribution in [1.82, 2.24) is 0 Å². The highest BCUT2D eigenvalue weighted by molar-refractivity contribution is 6.32. The fourth-order valence-electron chi connectivity index (χ4n) is 2.31. The third kappa shape index (κ3) is 2.08. The molecule has 0 aromatic heterocycles. The van der Waals surface area contributed by atoms with Gasteiger partial charge in [0, 0.05) is 12.3 Å². The molecule has 5 heteroatoms. The summed E-state index contributed by atoms with van der Waals surface area (Å²) in [7, 11) is 0. The zero-order valence-corrected chi connectivity index (χ0v) is 10.0. The largest absolute Gasteiger partial charge is 0.484 e. The lowest BCUT2D eigenvalue weighted by Gasteiger charge is -2.18. The Morgan fingerprint density at radius 1 is 1.35 bits per heavy atom. The van der Waals surface area contributed by atoms with Gasteiger partial charge in [-0.25, -0.2) is 0 Å². The highest BCUT2D eigenvalue weighted by atomic mass is 35.5. The summed E-state index contributed by atoms with van der Waals surface area (Å²) in [4.78, 5) is 0. The Bertz CT molecular complexity index is 426. The number of nitrogens with two attached hydrogens (primary N) is 1. The first kappa shape index (κ1) is 11.1. The Labute approximate surface area is 105 Å². The maximum Gasteiger partial charge on any atom is 0.151 e. The van der Waals surface area contributed by atoms with Crippen LogP contribution in [0.5, 0.6) is 5.75 Å². The molecule has 3 rings (SSSR count). The summed E-state index contributed by atoms with van der Waals surface area (Å²) in [6.07, 6.45) is 1.07. The van der Waals surface area contributed by atoms with E-state index in [1.165, 1.54) is 0 Å². The zero-order valence-electron chi connectivity index (χ0n) is 9.27. The van der Waals surface area contributed by atoms with Crippen molar-refractivity contribution in [3.63, 3.8) is 0 Å². The van der Waals surface area contributed by atoms with Crippen LogP contribution in [0.15, 0.2) is 18.2 Å². The molecule has 0 radical (unpaired) electrons. The molecule has 0 spiro atoms. The molecule has 2 saturated heterocycles. The van der Waals surface area contributed by atoms with Gasteiger partial charge in [-0.05, 0) is 24.6 Å². The predicted molar refractivity (Wildman–Crippen MR) is 64.4 cm³/mol. The number of fused-ring (bicyclic) bond motifs is 1. The van der Waals surface area contributed by atoms with Crippen LogP contribution >= 0.6 is 11.6 Å². The van der Waals surface area contributed by atoms with Gasteiger partial charge >= 0.3 is 0 Å². The number of hydrogen-bond donors (Lipinski definition) is 1. The molecule has 4 nitrogen and oxygen atoms in total. The molecule has 17 heavy (non-hydrogen) atoms. The van der Waals surface area contributed by atoms with Crippen molar-refractivity contribution in [2.45, 2.75) is 24.7 Å². The van der Waals surface area contributed by atoms with Crippen molar-refractivity contribution in [2.75, 3.05) is 18.9 Å². The third-order valence-corrected chi connectivity index (χ3v) is 3.45. The molecule has 2 fully saturated rings. The number of halogens is 1. The van der Waals surface area contributed by atoms with Gasteiger partial charge in [-0.1, -0.05) is 11.6 Å². The Morgan fingerprint density at radius 2 is 2.24 bits per heavy atom. The maximum absolute atomic E-state index is 6.06. The standard InChI is InChI=1S/C12H14ClNO3/c13-8-5-7(14)1-2-9(8)17-11-6-16-10-3-4-15-12(10)11/h1-2,5,10-12H,3-4,6,14H2/t10?,11-,12?/m0/s1. The Morgan fingerprint density at radius 3 is 3.06 bits per heavy atom. The van der Waals surface area contributed by atoms with E-state index in [0.717, 1.165) is 13.0 Å². The van der Waals surface area contributed by atoms with Crippen molar-refractivity contribution < 1.29 is 14.2 Å². The van der Waals surface area contributed by atoms with E-state index in [0.29, 0.717) is 23.1 Å². The van der Waals surface area contributed by atoms with E-state index >= 15 is 0 Å². The lowest BCUT2D eigenvalue weighted by atomic mass is 10.1. The van der Waals surface area contributed by atoms with E-state index < -0.39 is 0 Å². The topological polar surface area (TPSA) is 53.7 Å². The smallest absolute Gasteiger partial charge is 0.151 e. The molecule has 2 aliphatic heterocycles. The Hall–Kier alpha value is -0.970. The van der Waals surface area contributed by atoms with Crippen LogP contribution < -0.4 is 10.5 Å². The lowest BCUT2D eigenvalue weighted by Crippen LogP contribution is -2.32. The highest BCUT2D eigenvalue weighted by Crippen LogP contribution is 2.33. The number of nitrogen functional groups attached to an aromatic ring is 1. The third-order valence-electron chi connectivity index (χ3n) is 3.15. The molecule has 2 heterocycles. The van der Waals surface area contributed by atoms with Crippen LogP contribution in [-0.4, -0.2) is 31.5 Å². The molecule has 2 N–H and O–H groups in total. The Kier molecular flexibility index (Phi) is 2.86. The molecular formula is C12H14ClNO3. The van der Waals surface area contributed by atoms with E-state index in [4.69, 9.17) is 31.5 Å². The van der Waals surface area contributed by atoms with Gasteiger partial charge < -0.3 is 19.9 Å². The maximum atomic E-state index is 6.06. The van der Waals surface area contributed by atoms with E-state index in [-0.39, 0.29) is 18.3 Å². The number of hydrogen-bond acceptors (Lipinski definition) is 4. The average Bonchev–Trinajstić information content (AvgIpc) is 2.86. The van der Waals surface area contributed by atoms with Crippen molar-refractivity contribution in [3.8, 4) is 5.75 Å². The van der Waals surface area contributed by atoms with Gasteiger partial charge in [-0.3, -0.25) is 0 Å². The summed E-state index contributed by atoms with van der Waals surface area (Å²) in [5.74, 6) is 0.630. The molecule has 0 aliphatic carbocycles. The Balaban J connectivity index is 1.74. The molecule has 2 aliphatic rings. The minimum Gasteiger partial charge on any atom is -0.484 e. The summed E-state index contributed by atoms with van der Waals surface area (Å²) in [5.41, 5.74) is 6.26. The fourth-order valence-corrected chi connectivity index (χ4v) is 2.54. The van der Waals surface area contributed by atoms with Crippen molar-refractivity contribution in [1.29, 1.82) is 0 Å². The fraction of sp³-hybridized carbons (Fsp3) is 0.500. The first-order valence-corrected chi connectivity index (χ1v) is 6.07. The lowest BCUT2D eigenvalue weighted by molar-refractivity contribution is 0.0309. The zero-order chi connectivity index (χ0) is 11.8. The normalized spacial score (nSPS) is 31.5. The number of benzene rings is 1. The quantitative estimate of drug-likeness (QED) is 0.820. The second-order valence-corrected chi connectivity index (χ2v) is 4.75. The summed E-state index contributed by atoms with van der Waals surface area (Å²) >= 11 is 6.06. The van der Waals surface area contributed by atoms with Gasteiger partial charge in [0.2, 0.25) is 0 Å². The van der Waals surface area contributed by atoms with Gasteiger partial charge in [-0.15, -0.1) is 0 Å². The average molecular weight is 256 g/mol. The first-order chi connectivity index (χ1) is 8.24. The van der Waals surface area contributed by atoms with Gasteiger partial charge in [0.25, 0.3) is 0 Å². The van der Waals surface area contributed by atoms with Crippen LogP contribution in [0.2, 0.25) is 5.02 Å². The summed E-state index contributed by atoms with van der Waals surface area (Å²) in [6, 6.07) is 5.23. The van der Waals surface area contributed by atoms with Gasteiger partial charge in [0.15, 0.2) is 6.10 Å². The summed E-state index contributed by atoms with van der Waals surface area (Å²) < 4.78 is 17.1. The number of anilines is 1. The van der Waals surface area contributed by atoms with Crippen LogP contribution in [0.25, 0.3) is 0 Å². The van der Waals surface area contributed by atoms with Crippen molar-refractivity contribution in [2.24, 2.45) is 0 Å². The molecule has 1 aromatic rings. The van der Waals surface area contributed by atoms with Gasteiger partial charge in [-0.2, -0.15) is 0 Å². The van der Waals surface area contributed by atoms with Crippen LogP contribution in [0.4, 0.5) is 5.69 Å². The van der Waals surface area contributed by atoms with Crippen molar-refractivity contribution >= 4 is 17.3 Å². The second kappa shape index (κ2) is 4.37. The van der Waals surface area contributed by atoms with Crippen LogP contribution in [0.3, 0.4) is 0 Å². The minimum absolute atomic E-state index is 0.0311.